The van der Waals surface area contributed by atoms with E-state index in [9.17, 15) is 9.50 Å². The number of aromatic nitrogens is 3. The third kappa shape index (κ3) is 4.72. The Hall–Kier alpha value is -2.96. The van der Waals surface area contributed by atoms with Crippen molar-refractivity contribution in [3.8, 4) is 5.69 Å². The zero-order chi connectivity index (χ0) is 20.1. The van der Waals surface area contributed by atoms with Crippen LogP contribution < -0.4 is 0 Å². The number of benzene rings is 3. The van der Waals surface area contributed by atoms with Gasteiger partial charge in [0.2, 0.25) is 0 Å². The highest BCUT2D eigenvalue weighted by Gasteiger charge is 2.17. The van der Waals surface area contributed by atoms with Crippen LogP contribution in [0.25, 0.3) is 5.69 Å². The molecule has 29 heavy (non-hydrogen) atoms. The minimum absolute atomic E-state index is 0.317. The molecule has 0 radical (unpaired) electrons. The van der Waals surface area contributed by atoms with Crippen molar-refractivity contribution in [3.63, 3.8) is 0 Å². The van der Waals surface area contributed by atoms with Crippen molar-refractivity contribution in [2.75, 3.05) is 5.75 Å². The lowest BCUT2D eigenvalue weighted by Gasteiger charge is -2.13. The third-order valence-corrected chi connectivity index (χ3v) is 5.55. The van der Waals surface area contributed by atoms with Crippen LogP contribution in [0.2, 0.25) is 0 Å². The highest BCUT2D eigenvalue weighted by molar-refractivity contribution is 7.99. The number of hydrogen-bond donors (Lipinski definition) is 1. The summed E-state index contributed by atoms with van der Waals surface area (Å²) in [7, 11) is 0. The Kier molecular flexibility index (Phi) is 6.03. The Morgan fingerprint density at radius 3 is 2.21 bits per heavy atom. The SMILES string of the molecule is OC(CSc1nnc(Cc2ccccc2)n1-c1ccccc1)c1ccc(F)cc1. The van der Waals surface area contributed by atoms with E-state index >= 15 is 0 Å². The largest absolute Gasteiger partial charge is 0.388 e. The maximum Gasteiger partial charge on any atom is 0.195 e. The normalized spacial score (nSPS) is 12.1. The fraction of sp³-hybridized carbons (Fsp3) is 0.130. The van der Waals surface area contributed by atoms with Crippen LogP contribution >= 0.6 is 11.8 Å². The van der Waals surface area contributed by atoms with Gasteiger partial charge in [-0.25, -0.2) is 4.39 Å². The van der Waals surface area contributed by atoms with Gasteiger partial charge in [-0.1, -0.05) is 72.4 Å². The molecule has 4 rings (SSSR count). The molecule has 0 saturated heterocycles. The number of thioether (sulfide) groups is 1. The van der Waals surface area contributed by atoms with E-state index in [-0.39, 0.29) is 5.82 Å². The van der Waals surface area contributed by atoms with E-state index in [0.717, 1.165) is 17.1 Å². The van der Waals surface area contributed by atoms with Gasteiger partial charge < -0.3 is 5.11 Å². The third-order valence-electron chi connectivity index (χ3n) is 4.54. The molecule has 1 heterocycles. The van der Waals surface area contributed by atoms with E-state index < -0.39 is 6.10 Å². The van der Waals surface area contributed by atoms with Crippen molar-refractivity contribution < 1.29 is 9.50 Å². The van der Waals surface area contributed by atoms with Crippen molar-refractivity contribution in [3.05, 3.63) is 108 Å². The molecule has 0 spiro atoms. The molecule has 3 aromatic carbocycles. The number of rotatable bonds is 7. The molecular formula is C23H20FN3OS. The van der Waals surface area contributed by atoms with Gasteiger partial charge in [0.1, 0.15) is 11.6 Å². The highest BCUT2D eigenvalue weighted by Crippen LogP contribution is 2.27. The Labute approximate surface area is 173 Å². The average Bonchev–Trinajstić information content (AvgIpc) is 3.16. The smallest absolute Gasteiger partial charge is 0.195 e. The Morgan fingerprint density at radius 1 is 0.862 bits per heavy atom. The predicted molar refractivity (Wildman–Crippen MR) is 113 cm³/mol. The highest BCUT2D eigenvalue weighted by atomic mass is 32.2. The maximum absolute atomic E-state index is 13.1. The molecule has 0 aliphatic carbocycles. The molecule has 0 fully saturated rings. The van der Waals surface area contributed by atoms with Crippen molar-refractivity contribution in [1.29, 1.82) is 0 Å². The average molecular weight is 405 g/mol. The molecule has 0 amide bonds. The minimum atomic E-state index is -0.723. The summed E-state index contributed by atoms with van der Waals surface area (Å²) in [5, 5.41) is 20.0. The number of aliphatic hydroxyl groups is 1. The van der Waals surface area contributed by atoms with Crippen LogP contribution in [-0.2, 0) is 6.42 Å². The van der Waals surface area contributed by atoms with Crippen LogP contribution in [0, 0.1) is 5.82 Å². The standard InChI is InChI=1S/C23H20FN3OS/c24-19-13-11-18(12-14-19)21(28)16-29-23-26-25-22(15-17-7-3-1-4-8-17)27(23)20-9-5-2-6-10-20/h1-14,21,28H,15-16H2. The summed E-state index contributed by atoms with van der Waals surface area (Å²) < 4.78 is 15.1. The number of halogens is 1. The molecule has 0 saturated carbocycles. The lowest BCUT2D eigenvalue weighted by molar-refractivity contribution is 0.204. The van der Waals surface area contributed by atoms with E-state index in [4.69, 9.17) is 0 Å². The first kappa shape index (κ1) is 19.4. The zero-order valence-electron chi connectivity index (χ0n) is 15.6. The Morgan fingerprint density at radius 2 is 1.52 bits per heavy atom. The van der Waals surface area contributed by atoms with Gasteiger partial charge in [-0.3, -0.25) is 4.57 Å². The summed E-state index contributed by atoms with van der Waals surface area (Å²) in [6, 6.07) is 26.0. The van der Waals surface area contributed by atoms with Gasteiger partial charge >= 0.3 is 0 Å². The topological polar surface area (TPSA) is 50.9 Å². The second-order valence-corrected chi connectivity index (χ2v) is 7.60. The van der Waals surface area contributed by atoms with Gasteiger partial charge in [0.05, 0.1) is 6.10 Å². The Balaban J connectivity index is 1.58. The first-order valence-corrected chi connectivity index (χ1v) is 10.3. The van der Waals surface area contributed by atoms with Gasteiger partial charge in [-0.05, 0) is 35.4 Å². The number of hydrogen-bond acceptors (Lipinski definition) is 4. The summed E-state index contributed by atoms with van der Waals surface area (Å²) in [6.07, 6.45) is -0.0665. The minimum Gasteiger partial charge on any atom is -0.388 e. The second-order valence-electron chi connectivity index (χ2n) is 6.61. The fourth-order valence-corrected chi connectivity index (χ4v) is 4.00. The van der Waals surface area contributed by atoms with Crippen LogP contribution in [0.4, 0.5) is 4.39 Å². The summed E-state index contributed by atoms with van der Waals surface area (Å²) >= 11 is 1.43. The van der Waals surface area contributed by atoms with Crippen molar-refractivity contribution in [2.24, 2.45) is 0 Å². The van der Waals surface area contributed by atoms with Crippen LogP contribution in [-0.4, -0.2) is 25.6 Å². The molecule has 4 aromatic rings. The second kappa shape index (κ2) is 9.03. The van der Waals surface area contributed by atoms with Gasteiger partial charge in [0.25, 0.3) is 0 Å². The van der Waals surface area contributed by atoms with Crippen molar-refractivity contribution in [1.82, 2.24) is 14.8 Å². The van der Waals surface area contributed by atoms with Crippen molar-refractivity contribution in [2.45, 2.75) is 17.7 Å². The molecule has 6 heteroatoms. The number of aliphatic hydroxyl groups excluding tert-OH is 1. The van der Waals surface area contributed by atoms with E-state index in [1.165, 1.54) is 23.9 Å². The van der Waals surface area contributed by atoms with Gasteiger partial charge in [0.15, 0.2) is 5.16 Å². The molecule has 0 aliphatic heterocycles. The van der Waals surface area contributed by atoms with E-state index in [1.54, 1.807) is 12.1 Å². The monoisotopic (exact) mass is 405 g/mol. The van der Waals surface area contributed by atoms with Gasteiger partial charge in [0, 0.05) is 17.9 Å². The molecule has 0 aliphatic rings. The summed E-state index contributed by atoms with van der Waals surface area (Å²) in [6.45, 7) is 0. The molecule has 1 N–H and O–H groups in total. The quantitative estimate of drug-likeness (QED) is 0.448. The fourth-order valence-electron chi connectivity index (χ4n) is 3.06. The molecular weight excluding hydrogens is 385 g/mol. The lowest BCUT2D eigenvalue weighted by Crippen LogP contribution is -2.05. The lowest BCUT2D eigenvalue weighted by atomic mass is 10.1. The molecule has 146 valence electrons. The zero-order valence-corrected chi connectivity index (χ0v) is 16.5. The summed E-state index contributed by atoms with van der Waals surface area (Å²) in [5.74, 6) is 0.909. The number of para-hydroxylation sites is 1. The molecule has 1 aromatic heterocycles. The molecule has 1 unspecified atom stereocenters. The molecule has 1 atom stereocenters. The van der Waals surface area contributed by atoms with E-state index in [2.05, 4.69) is 22.3 Å². The first-order chi connectivity index (χ1) is 14.2. The van der Waals surface area contributed by atoms with E-state index in [1.807, 2.05) is 53.1 Å². The summed E-state index contributed by atoms with van der Waals surface area (Å²) in [5.41, 5.74) is 2.80. The molecule has 4 nitrogen and oxygen atoms in total. The van der Waals surface area contributed by atoms with Crippen molar-refractivity contribution >= 4 is 11.8 Å². The molecule has 0 bridgehead atoms. The number of nitrogens with zero attached hydrogens (tertiary/aromatic N) is 3. The van der Waals surface area contributed by atoms with Gasteiger partial charge in [-0.15, -0.1) is 10.2 Å². The van der Waals surface area contributed by atoms with Crippen LogP contribution in [0.1, 0.15) is 23.1 Å². The first-order valence-electron chi connectivity index (χ1n) is 9.30. The van der Waals surface area contributed by atoms with Gasteiger partial charge in [-0.2, -0.15) is 0 Å². The van der Waals surface area contributed by atoms with Crippen LogP contribution in [0.5, 0.6) is 0 Å². The Bertz CT molecular complexity index is 1050. The van der Waals surface area contributed by atoms with E-state index in [0.29, 0.717) is 22.9 Å². The maximum atomic E-state index is 13.1. The predicted octanol–water partition coefficient (Wildman–Crippen LogP) is 4.82. The van der Waals surface area contributed by atoms with Crippen LogP contribution in [0.3, 0.4) is 0 Å². The summed E-state index contributed by atoms with van der Waals surface area (Å²) in [4.78, 5) is 0. The van der Waals surface area contributed by atoms with Crippen LogP contribution in [0.15, 0.2) is 90.1 Å².